The second-order valence-electron chi connectivity index (χ2n) is 3.74. The molecule has 0 saturated carbocycles. The van der Waals surface area contributed by atoms with Crippen LogP contribution in [0.3, 0.4) is 0 Å². The van der Waals surface area contributed by atoms with Gasteiger partial charge < -0.3 is 14.2 Å². The van der Waals surface area contributed by atoms with Gasteiger partial charge in [-0.3, -0.25) is 4.79 Å². The first-order valence-electron chi connectivity index (χ1n) is 5.50. The second kappa shape index (κ2) is 5.22. The van der Waals surface area contributed by atoms with Crippen LogP contribution in [0.1, 0.15) is 29.3 Å². The zero-order valence-electron chi connectivity index (χ0n) is 9.89. The fourth-order valence-electron chi connectivity index (χ4n) is 1.53. The topological polar surface area (TPSA) is 57.7 Å². The van der Waals surface area contributed by atoms with E-state index in [0.717, 1.165) is 0 Å². The Hall–Kier alpha value is -0.820. The summed E-state index contributed by atoms with van der Waals surface area (Å²) in [6.07, 6.45) is 0. The van der Waals surface area contributed by atoms with Gasteiger partial charge in [0.1, 0.15) is 12.3 Å². The molecule has 5 nitrogen and oxygen atoms in total. The highest BCUT2D eigenvalue weighted by atomic mass is 32.1. The number of rotatable bonds is 5. The lowest BCUT2D eigenvalue weighted by molar-refractivity contribution is -0.152. The molecular weight excluding hydrogens is 242 g/mol. The maximum absolute atomic E-state index is 11.7. The average molecular weight is 257 g/mol. The molecule has 0 unspecified atom stereocenters. The molecule has 1 saturated heterocycles. The van der Waals surface area contributed by atoms with Crippen LogP contribution in [0, 0.1) is 0 Å². The number of Topliss-reactive ketones (excluding diaryl/α,β-unsaturated/α-hetero) is 1. The first-order valence-corrected chi connectivity index (χ1v) is 6.38. The van der Waals surface area contributed by atoms with E-state index in [4.69, 9.17) is 14.2 Å². The molecule has 1 aromatic rings. The van der Waals surface area contributed by atoms with Crippen molar-refractivity contribution >= 4 is 17.1 Å². The standard InChI is InChI=1S/C11H15NO4S/c1-3-14-6-8(13)10-12-9(7-17-10)11(2)15-4-5-16-11/h7H,3-6H2,1-2H3. The smallest absolute Gasteiger partial charge is 0.216 e. The van der Waals surface area contributed by atoms with E-state index in [0.29, 0.717) is 30.5 Å². The molecule has 94 valence electrons. The zero-order chi connectivity index (χ0) is 12.3. The van der Waals surface area contributed by atoms with Crippen molar-refractivity contribution in [2.24, 2.45) is 0 Å². The van der Waals surface area contributed by atoms with Gasteiger partial charge >= 0.3 is 0 Å². The van der Waals surface area contributed by atoms with Gasteiger partial charge in [0.2, 0.25) is 11.6 Å². The van der Waals surface area contributed by atoms with Crippen LogP contribution in [0.5, 0.6) is 0 Å². The number of thiazole rings is 1. The Balaban J connectivity index is 2.07. The molecule has 0 atom stereocenters. The SMILES string of the molecule is CCOCC(=O)c1nc(C2(C)OCCO2)cs1. The van der Waals surface area contributed by atoms with Gasteiger partial charge in [-0.05, 0) is 13.8 Å². The van der Waals surface area contributed by atoms with E-state index in [2.05, 4.69) is 4.98 Å². The predicted octanol–water partition coefficient (Wildman–Crippen LogP) is 1.58. The van der Waals surface area contributed by atoms with Crippen molar-refractivity contribution in [2.45, 2.75) is 19.6 Å². The van der Waals surface area contributed by atoms with Crippen molar-refractivity contribution in [1.29, 1.82) is 0 Å². The molecule has 17 heavy (non-hydrogen) atoms. The van der Waals surface area contributed by atoms with Crippen LogP contribution in [0.2, 0.25) is 0 Å². The van der Waals surface area contributed by atoms with Crippen molar-refractivity contribution in [2.75, 3.05) is 26.4 Å². The summed E-state index contributed by atoms with van der Waals surface area (Å²) in [7, 11) is 0. The Morgan fingerprint density at radius 1 is 1.59 bits per heavy atom. The molecule has 0 aromatic carbocycles. The summed E-state index contributed by atoms with van der Waals surface area (Å²) in [6, 6.07) is 0. The third-order valence-electron chi connectivity index (χ3n) is 2.48. The summed E-state index contributed by atoms with van der Waals surface area (Å²) in [5, 5.41) is 2.23. The van der Waals surface area contributed by atoms with Gasteiger partial charge in [-0.15, -0.1) is 11.3 Å². The molecule has 0 spiro atoms. The summed E-state index contributed by atoms with van der Waals surface area (Å²) in [4.78, 5) is 15.9. The van der Waals surface area contributed by atoms with Gasteiger partial charge in [-0.1, -0.05) is 0 Å². The largest absolute Gasteiger partial charge is 0.373 e. The molecule has 0 bridgehead atoms. The summed E-state index contributed by atoms with van der Waals surface area (Å²) in [5.74, 6) is -0.912. The summed E-state index contributed by atoms with van der Waals surface area (Å²) in [6.45, 7) is 5.36. The summed E-state index contributed by atoms with van der Waals surface area (Å²) < 4.78 is 16.0. The lowest BCUT2D eigenvalue weighted by atomic mass is 10.2. The summed E-state index contributed by atoms with van der Waals surface area (Å²) >= 11 is 1.29. The third-order valence-corrected chi connectivity index (χ3v) is 3.37. The van der Waals surface area contributed by atoms with Crippen molar-refractivity contribution in [3.8, 4) is 0 Å². The molecule has 6 heteroatoms. The van der Waals surface area contributed by atoms with E-state index in [1.807, 2.05) is 13.8 Å². The number of aromatic nitrogens is 1. The molecule has 2 rings (SSSR count). The first kappa shape index (κ1) is 12.6. The van der Waals surface area contributed by atoms with Crippen LogP contribution in [0.15, 0.2) is 5.38 Å². The van der Waals surface area contributed by atoms with Crippen LogP contribution in [-0.2, 0) is 20.0 Å². The fraction of sp³-hybridized carbons (Fsp3) is 0.636. The lowest BCUT2D eigenvalue weighted by Gasteiger charge is -2.19. The number of carbonyl (C=O) groups is 1. The quantitative estimate of drug-likeness (QED) is 0.750. The molecule has 0 amide bonds. The van der Waals surface area contributed by atoms with Crippen molar-refractivity contribution in [1.82, 2.24) is 4.98 Å². The Morgan fingerprint density at radius 2 is 2.29 bits per heavy atom. The monoisotopic (exact) mass is 257 g/mol. The zero-order valence-corrected chi connectivity index (χ0v) is 10.7. The van der Waals surface area contributed by atoms with Crippen molar-refractivity contribution in [3.63, 3.8) is 0 Å². The van der Waals surface area contributed by atoms with Crippen LogP contribution in [0.25, 0.3) is 0 Å². The molecule has 1 aromatic heterocycles. The minimum Gasteiger partial charge on any atom is -0.373 e. The van der Waals surface area contributed by atoms with Crippen LogP contribution in [0.4, 0.5) is 0 Å². The average Bonchev–Trinajstić information content (AvgIpc) is 2.95. The van der Waals surface area contributed by atoms with Gasteiger partial charge in [0.05, 0.1) is 13.2 Å². The molecule has 0 N–H and O–H groups in total. The van der Waals surface area contributed by atoms with E-state index in [-0.39, 0.29) is 12.4 Å². The first-order chi connectivity index (χ1) is 8.15. The van der Waals surface area contributed by atoms with Crippen molar-refractivity contribution < 1.29 is 19.0 Å². The highest BCUT2D eigenvalue weighted by Crippen LogP contribution is 2.31. The maximum atomic E-state index is 11.7. The number of hydrogen-bond acceptors (Lipinski definition) is 6. The lowest BCUT2D eigenvalue weighted by Crippen LogP contribution is -2.23. The number of ketones is 1. The molecular formula is C11H15NO4S. The molecule has 1 fully saturated rings. The highest BCUT2D eigenvalue weighted by Gasteiger charge is 2.36. The third kappa shape index (κ3) is 2.71. The van der Waals surface area contributed by atoms with Crippen LogP contribution in [-0.4, -0.2) is 37.2 Å². The van der Waals surface area contributed by atoms with E-state index in [1.165, 1.54) is 11.3 Å². The van der Waals surface area contributed by atoms with E-state index >= 15 is 0 Å². The van der Waals surface area contributed by atoms with Crippen LogP contribution < -0.4 is 0 Å². The summed E-state index contributed by atoms with van der Waals surface area (Å²) in [5.41, 5.74) is 0.653. The second-order valence-corrected chi connectivity index (χ2v) is 4.60. The molecule has 0 aliphatic carbocycles. The Morgan fingerprint density at radius 3 is 2.94 bits per heavy atom. The number of hydrogen-bond donors (Lipinski definition) is 0. The van der Waals surface area contributed by atoms with Crippen molar-refractivity contribution in [3.05, 3.63) is 16.1 Å². The maximum Gasteiger partial charge on any atom is 0.216 e. The molecule has 1 aliphatic heterocycles. The van der Waals surface area contributed by atoms with E-state index in [9.17, 15) is 4.79 Å². The molecule has 2 heterocycles. The van der Waals surface area contributed by atoms with E-state index < -0.39 is 5.79 Å². The molecule has 0 radical (unpaired) electrons. The van der Waals surface area contributed by atoms with Gasteiger partial charge in [-0.25, -0.2) is 4.98 Å². The number of carbonyl (C=O) groups excluding carboxylic acids is 1. The fourth-order valence-corrected chi connectivity index (χ4v) is 2.36. The predicted molar refractivity (Wildman–Crippen MR) is 62.2 cm³/mol. The van der Waals surface area contributed by atoms with Gasteiger partial charge in [0, 0.05) is 12.0 Å². The minimum atomic E-state index is -0.805. The Kier molecular flexibility index (Phi) is 3.88. The number of ether oxygens (including phenoxy) is 3. The minimum absolute atomic E-state index is 0.0713. The van der Waals surface area contributed by atoms with Gasteiger partial charge in [-0.2, -0.15) is 0 Å². The number of nitrogens with zero attached hydrogens (tertiary/aromatic N) is 1. The van der Waals surface area contributed by atoms with E-state index in [1.54, 1.807) is 5.38 Å². The van der Waals surface area contributed by atoms with Crippen LogP contribution >= 0.6 is 11.3 Å². The highest BCUT2D eigenvalue weighted by molar-refractivity contribution is 7.11. The normalized spacial score (nSPS) is 18.5. The molecule has 1 aliphatic rings. The van der Waals surface area contributed by atoms with Gasteiger partial charge in [0.25, 0.3) is 0 Å². The Labute approximate surface area is 104 Å². The van der Waals surface area contributed by atoms with Gasteiger partial charge in [0.15, 0.2) is 5.01 Å². The Bertz CT molecular complexity index is 398.